The normalized spacial score (nSPS) is 10.9. The molecule has 2 N–H and O–H groups in total. The summed E-state index contributed by atoms with van der Waals surface area (Å²) in [5.41, 5.74) is 0. The summed E-state index contributed by atoms with van der Waals surface area (Å²) in [7, 11) is 1.75. The number of aryl methyl sites for hydroxylation is 1. The molecule has 0 unspecified atom stereocenters. The molecular formula is C16H22ClIN4OS. The highest BCUT2D eigenvalue weighted by Crippen LogP contribution is 2.16. The Bertz CT molecular complexity index is 651. The number of ether oxygens (including phenoxy) is 1. The number of thiazole rings is 1. The third-order valence-corrected chi connectivity index (χ3v) is 4.19. The first-order valence-corrected chi connectivity index (χ1v) is 8.61. The van der Waals surface area contributed by atoms with E-state index in [0.717, 1.165) is 29.7 Å². The Morgan fingerprint density at radius 2 is 2.12 bits per heavy atom. The fourth-order valence-corrected chi connectivity index (χ4v) is 2.89. The van der Waals surface area contributed by atoms with Crippen molar-refractivity contribution in [3.05, 3.63) is 45.4 Å². The molecule has 1 aromatic heterocycles. The van der Waals surface area contributed by atoms with Gasteiger partial charge in [0.25, 0.3) is 0 Å². The predicted molar refractivity (Wildman–Crippen MR) is 112 cm³/mol. The van der Waals surface area contributed by atoms with Gasteiger partial charge >= 0.3 is 0 Å². The molecule has 2 aromatic rings. The third kappa shape index (κ3) is 7.67. The first-order chi connectivity index (χ1) is 11.2. The van der Waals surface area contributed by atoms with Crippen molar-refractivity contribution in [3.8, 4) is 5.75 Å². The maximum atomic E-state index is 5.91. The van der Waals surface area contributed by atoms with Crippen LogP contribution >= 0.6 is 46.9 Å². The van der Waals surface area contributed by atoms with Gasteiger partial charge in [-0.15, -0.1) is 35.3 Å². The fraction of sp³-hybridized carbons (Fsp3) is 0.375. The molecule has 0 aliphatic heterocycles. The average Bonchev–Trinajstić information content (AvgIpc) is 2.95. The highest BCUT2D eigenvalue weighted by molar-refractivity contribution is 14.0. The van der Waals surface area contributed by atoms with Crippen LogP contribution in [-0.2, 0) is 6.42 Å². The standard InChI is InChI=1S/C16H21ClN4OS.HI/c1-12-11-21-15(23-12)6-7-19-16(18-2)20-8-9-22-14-5-3-4-13(17)10-14;/h3-5,10-11H,6-9H2,1-2H3,(H2,18,19,20);1H. The molecule has 0 bridgehead atoms. The average molecular weight is 481 g/mol. The molecule has 8 heteroatoms. The van der Waals surface area contributed by atoms with E-state index >= 15 is 0 Å². The summed E-state index contributed by atoms with van der Waals surface area (Å²) in [6.45, 7) is 4.05. The van der Waals surface area contributed by atoms with Crippen LogP contribution in [0.5, 0.6) is 5.75 Å². The topological polar surface area (TPSA) is 58.5 Å². The summed E-state index contributed by atoms with van der Waals surface area (Å²) in [5.74, 6) is 1.52. The smallest absolute Gasteiger partial charge is 0.191 e. The Kier molecular flexibility index (Phi) is 10.0. The van der Waals surface area contributed by atoms with Crippen molar-refractivity contribution < 1.29 is 4.74 Å². The van der Waals surface area contributed by atoms with E-state index in [-0.39, 0.29) is 24.0 Å². The van der Waals surface area contributed by atoms with Crippen molar-refractivity contribution in [1.29, 1.82) is 0 Å². The molecule has 1 heterocycles. The molecule has 0 aliphatic carbocycles. The zero-order valence-corrected chi connectivity index (χ0v) is 17.6. The number of hydrogen-bond donors (Lipinski definition) is 2. The van der Waals surface area contributed by atoms with Crippen molar-refractivity contribution >= 4 is 52.9 Å². The lowest BCUT2D eigenvalue weighted by Gasteiger charge is -2.12. The largest absolute Gasteiger partial charge is 0.492 e. The second-order valence-electron chi connectivity index (χ2n) is 4.85. The lowest BCUT2D eigenvalue weighted by atomic mass is 10.3. The van der Waals surface area contributed by atoms with Crippen molar-refractivity contribution in [2.45, 2.75) is 13.3 Å². The predicted octanol–water partition coefficient (Wildman–Crippen LogP) is 3.51. The molecule has 0 aliphatic rings. The fourth-order valence-electron chi connectivity index (χ4n) is 1.92. The molecule has 5 nitrogen and oxygen atoms in total. The van der Waals surface area contributed by atoms with E-state index in [1.807, 2.05) is 24.4 Å². The Hall–Kier alpha value is -1.06. The highest BCUT2D eigenvalue weighted by atomic mass is 127. The van der Waals surface area contributed by atoms with Gasteiger partial charge in [0, 0.05) is 36.1 Å². The highest BCUT2D eigenvalue weighted by Gasteiger charge is 2.01. The molecule has 0 fully saturated rings. The minimum absolute atomic E-state index is 0. The molecule has 1 aromatic carbocycles. The molecule has 0 atom stereocenters. The summed E-state index contributed by atoms with van der Waals surface area (Å²) >= 11 is 7.64. The number of halogens is 2. The number of nitrogens with one attached hydrogen (secondary N) is 2. The molecule has 24 heavy (non-hydrogen) atoms. The number of aromatic nitrogens is 1. The van der Waals surface area contributed by atoms with Crippen LogP contribution in [-0.4, -0.2) is 37.7 Å². The first kappa shape index (κ1) is 21.0. The maximum absolute atomic E-state index is 5.91. The number of aliphatic imine (C=N–C) groups is 1. The van der Waals surface area contributed by atoms with Crippen LogP contribution in [0.4, 0.5) is 0 Å². The Balaban J connectivity index is 0.00000288. The van der Waals surface area contributed by atoms with Crippen LogP contribution in [0.2, 0.25) is 5.02 Å². The monoisotopic (exact) mass is 480 g/mol. The van der Waals surface area contributed by atoms with E-state index in [0.29, 0.717) is 18.2 Å². The van der Waals surface area contributed by atoms with E-state index in [1.54, 1.807) is 24.5 Å². The van der Waals surface area contributed by atoms with E-state index < -0.39 is 0 Å². The Labute approximate surface area is 168 Å². The molecule has 0 radical (unpaired) electrons. The molecule has 0 amide bonds. The zero-order chi connectivity index (χ0) is 16.5. The van der Waals surface area contributed by atoms with Gasteiger partial charge < -0.3 is 15.4 Å². The second kappa shape index (κ2) is 11.5. The molecule has 0 saturated carbocycles. The third-order valence-electron chi connectivity index (χ3n) is 2.98. The van der Waals surface area contributed by atoms with Crippen molar-refractivity contribution in [2.75, 3.05) is 26.7 Å². The van der Waals surface area contributed by atoms with Crippen LogP contribution < -0.4 is 15.4 Å². The first-order valence-electron chi connectivity index (χ1n) is 7.41. The van der Waals surface area contributed by atoms with Gasteiger partial charge in [-0.2, -0.15) is 0 Å². The maximum Gasteiger partial charge on any atom is 0.191 e. The number of nitrogens with zero attached hydrogens (tertiary/aromatic N) is 2. The summed E-state index contributed by atoms with van der Waals surface area (Å²) in [5, 5.41) is 8.28. The van der Waals surface area contributed by atoms with E-state index in [4.69, 9.17) is 16.3 Å². The number of hydrogen-bond acceptors (Lipinski definition) is 4. The lowest BCUT2D eigenvalue weighted by molar-refractivity contribution is 0.322. The van der Waals surface area contributed by atoms with E-state index in [1.165, 1.54) is 4.88 Å². The minimum Gasteiger partial charge on any atom is -0.492 e. The quantitative estimate of drug-likeness (QED) is 0.276. The van der Waals surface area contributed by atoms with Crippen LogP contribution in [0.3, 0.4) is 0 Å². The Morgan fingerprint density at radius 1 is 1.33 bits per heavy atom. The molecular weight excluding hydrogens is 459 g/mol. The second-order valence-corrected chi connectivity index (χ2v) is 6.60. The van der Waals surface area contributed by atoms with Crippen molar-refractivity contribution in [1.82, 2.24) is 15.6 Å². The summed E-state index contributed by atoms with van der Waals surface area (Å²) in [6.07, 6.45) is 2.79. The zero-order valence-electron chi connectivity index (χ0n) is 13.7. The van der Waals surface area contributed by atoms with Gasteiger partial charge in [-0.25, -0.2) is 4.98 Å². The molecule has 0 spiro atoms. The van der Waals surface area contributed by atoms with Gasteiger partial charge in [-0.3, -0.25) is 4.99 Å². The van der Waals surface area contributed by atoms with E-state index in [9.17, 15) is 0 Å². The van der Waals surface area contributed by atoms with Gasteiger partial charge in [0.15, 0.2) is 5.96 Å². The van der Waals surface area contributed by atoms with Crippen LogP contribution in [0.25, 0.3) is 0 Å². The number of guanidine groups is 1. The van der Waals surface area contributed by atoms with Crippen molar-refractivity contribution in [2.24, 2.45) is 4.99 Å². The van der Waals surface area contributed by atoms with Crippen molar-refractivity contribution in [3.63, 3.8) is 0 Å². The number of rotatable bonds is 7. The summed E-state index contributed by atoms with van der Waals surface area (Å²) in [6, 6.07) is 7.37. The SMILES string of the molecule is CN=C(NCCOc1cccc(Cl)c1)NCCc1ncc(C)s1.I. The number of benzene rings is 1. The summed E-state index contributed by atoms with van der Waals surface area (Å²) < 4.78 is 5.62. The Morgan fingerprint density at radius 3 is 2.79 bits per heavy atom. The lowest BCUT2D eigenvalue weighted by Crippen LogP contribution is -2.40. The van der Waals surface area contributed by atoms with Gasteiger partial charge in [0.05, 0.1) is 11.6 Å². The van der Waals surface area contributed by atoms with Gasteiger partial charge in [0.1, 0.15) is 12.4 Å². The van der Waals surface area contributed by atoms with Gasteiger partial charge in [-0.05, 0) is 25.1 Å². The van der Waals surface area contributed by atoms with E-state index in [2.05, 4.69) is 27.5 Å². The van der Waals surface area contributed by atoms with Gasteiger partial charge in [0.2, 0.25) is 0 Å². The summed E-state index contributed by atoms with van der Waals surface area (Å²) in [4.78, 5) is 9.76. The molecule has 132 valence electrons. The van der Waals surface area contributed by atoms with Crippen LogP contribution in [0.1, 0.15) is 9.88 Å². The van der Waals surface area contributed by atoms with Crippen LogP contribution in [0, 0.1) is 6.92 Å². The molecule has 2 rings (SSSR count). The van der Waals surface area contributed by atoms with Crippen LogP contribution in [0.15, 0.2) is 35.5 Å². The molecule has 0 saturated heterocycles. The minimum atomic E-state index is 0. The van der Waals surface area contributed by atoms with Gasteiger partial charge in [-0.1, -0.05) is 17.7 Å².